The standard InChI is InChI=1S/C21H22N2/c1-4-19-11-8-12-20(16(19)2)17(3)21-22-13-14-23(21)15-18-9-6-5-7-10-18/h5-14H,3-4,15H2,1-2H3. The summed E-state index contributed by atoms with van der Waals surface area (Å²) in [7, 11) is 0. The Morgan fingerprint density at radius 2 is 1.87 bits per heavy atom. The second kappa shape index (κ2) is 6.66. The average molecular weight is 302 g/mol. The Hall–Kier alpha value is -2.61. The van der Waals surface area contributed by atoms with Crippen LogP contribution in [0, 0.1) is 6.92 Å². The Morgan fingerprint density at radius 1 is 1.09 bits per heavy atom. The molecular weight excluding hydrogens is 280 g/mol. The van der Waals surface area contributed by atoms with Crippen LogP contribution < -0.4 is 0 Å². The fourth-order valence-corrected chi connectivity index (χ4v) is 3.00. The maximum Gasteiger partial charge on any atom is 0.140 e. The first kappa shape index (κ1) is 15.3. The molecule has 0 atom stereocenters. The van der Waals surface area contributed by atoms with E-state index in [0.717, 1.165) is 24.4 Å². The summed E-state index contributed by atoms with van der Waals surface area (Å²) in [6, 6.07) is 16.9. The molecule has 3 rings (SSSR count). The zero-order valence-corrected chi connectivity index (χ0v) is 13.8. The third-order valence-corrected chi connectivity index (χ3v) is 4.33. The van der Waals surface area contributed by atoms with Crippen molar-refractivity contribution < 1.29 is 0 Å². The van der Waals surface area contributed by atoms with E-state index in [9.17, 15) is 0 Å². The summed E-state index contributed by atoms with van der Waals surface area (Å²) in [4.78, 5) is 4.55. The minimum atomic E-state index is 0.807. The smallest absolute Gasteiger partial charge is 0.140 e. The lowest BCUT2D eigenvalue weighted by Gasteiger charge is -2.14. The molecule has 2 nitrogen and oxygen atoms in total. The monoisotopic (exact) mass is 302 g/mol. The number of imidazole rings is 1. The van der Waals surface area contributed by atoms with E-state index in [1.165, 1.54) is 22.3 Å². The molecular formula is C21H22N2. The van der Waals surface area contributed by atoms with E-state index < -0.39 is 0 Å². The van der Waals surface area contributed by atoms with E-state index >= 15 is 0 Å². The lowest BCUT2D eigenvalue weighted by molar-refractivity contribution is 0.783. The highest BCUT2D eigenvalue weighted by Crippen LogP contribution is 2.26. The summed E-state index contributed by atoms with van der Waals surface area (Å²) < 4.78 is 2.16. The van der Waals surface area contributed by atoms with Crippen molar-refractivity contribution in [3.63, 3.8) is 0 Å². The van der Waals surface area contributed by atoms with Crippen molar-refractivity contribution >= 4 is 5.57 Å². The van der Waals surface area contributed by atoms with E-state index in [2.05, 4.69) is 72.4 Å². The van der Waals surface area contributed by atoms with Gasteiger partial charge < -0.3 is 4.57 Å². The molecule has 0 bridgehead atoms. The highest BCUT2D eigenvalue weighted by molar-refractivity contribution is 5.77. The maximum absolute atomic E-state index is 4.55. The van der Waals surface area contributed by atoms with E-state index in [-0.39, 0.29) is 0 Å². The van der Waals surface area contributed by atoms with Crippen molar-refractivity contribution in [1.82, 2.24) is 9.55 Å². The Balaban J connectivity index is 1.94. The zero-order valence-electron chi connectivity index (χ0n) is 13.8. The number of hydrogen-bond donors (Lipinski definition) is 0. The van der Waals surface area contributed by atoms with Gasteiger partial charge in [-0.1, -0.05) is 62.0 Å². The Kier molecular flexibility index (Phi) is 4.42. The van der Waals surface area contributed by atoms with Gasteiger partial charge in [0.05, 0.1) is 0 Å². The van der Waals surface area contributed by atoms with Crippen molar-refractivity contribution in [1.29, 1.82) is 0 Å². The van der Waals surface area contributed by atoms with Gasteiger partial charge in [0.25, 0.3) is 0 Å². The second-order valence-electron chi connectivity index (χ2n) is 5.79. The van der Waals surface area contributed by atoms with Crippen LogP contribution in [0.2, 0.25) is 0 Å². The van der Waals surface area contributed by atoms with E-state index in [1.54, 1.807) is 0 Å². The molecule has 0 fully saturated rings. The fourth-order valence-electron chi connectivity index (χ4n) is 3.00. The molecule has 0 amide bonds. The number of hydrogen-bond acceptors (Lipinski definition) is 1. The number of aryl methyl sites for hydroxylation is 1. The van der Waals surface area contributed by atoms with E-state index in [0.29, 0.717) is 0 Å². The molecule has 116 valence electrons. The third-order valence-electron chi connectivity index (χ3n) is 4.33. The van der Waals surface area contributed by atoms with Crippen LogP contribution >= 0.6 is 0 Å². The Labute approximate surface area is 138 Å². The predicted molar refractivity (Wildman–Crippen MR) is 96.5 cm³/mol. The summed E-state index contributed by atoms with van der Waals surface area (Å²) in [5, 5.41) is 0. The first-order valence-electron chi connectivity index (χ1n) is 8.04. The van der Waals surface area contributed by atoms with Gasteiger partial charge in [0.15, 0.2) is 0 Å². The SMILES string of the molecule is C=C(c1cccc(CC)c1C)c1nccn1Cc1ccccc1. The van der Waals surface area contributed by atoms with Crippen LogP contribution in [0.15, 0.2) is 67.5 Å². The molecule has 0 saturated carbocycles. The molecule has 2 heteroatoms. The van der Waals surface area contributed by atoms with Gasteiger partial charge in [-0.2, -0.15) is 0 Å². The van der Waals surface area contributed by atoms with Gasteiger partial charge in [-0.15, -0.1) is 0 Å². The van der Waals surface area contributed by atoms with Gasteiger partial charge in [0.2, 0.25) is 0 Å². The van der Waals surface area contributed by atoms with E-state index in [1.807, 2.05) is 18.5 Å². The van der Waals surface area contributed by atoms with Crippen molar-refractivity contribution in [2.24, 2.45) is 0 Å². The van der Waals surface area contributed by atoms with Crippen LogP contribution in [0.1, 0.15) is 35.0 Å². The lowest BCUT2D eigenvalue weighted by Crippen LogP contribution is -2.05. The summed E-state index contributed by atoms with van der Waals surface area (Å²) >= 11 is 0. The number of aromatic nitrogens is 2. The van der Waals surface area contributed by atoms with Gasteiger partial charge >= 0.3 is 0 Å². The van der Waals surface area contributed by atoms with Crippen molar-refractivity contribution in [2.75, 3.05) is 0 Å². The van der Waals surface area contributed by atoms with Gasteiger partial charge in [-0.3, -0.25) is 0 Å². The van der Waals surface area contributed by atoms with Gasteiger partial charge in [0, 0.05) is 24.5 Å². The first-order chi connectivity index (χ1) is 11.2. The highest BCUT2D eigenvalue weighted by atomic mass is 15.1. The molecule has 1 heterocycles. The van der Waals surface area contributed by atoms with Gasteiger partial charge in [-0.25, -0.2) is 4.98 Å². The van der Waals surface area contributed by atoms with Gasteiger partial charge in [-0.05, 0) is 35.6 Å². The normalized spacial score (nSPS) is 10.7. The third kappa shape index (κ3) is 3.11. The average Bonchev–Trinajstić information content (AvgIpc) is 3.03. The summed E-state index contributed by atoms with van der Waals surface area (Å²) in [5.41, 5.74) is 6.10. The molecule has 0 radical (unpaired) electrons. The van der Waals surface area contributed by atoms with Crippen LogP contribution in [0.4, 0.5) is 0 Å². The molecule has 0 N–H and O–H groups in total. The Morgan fingerprint density at radius 3 is 2.61 bits per heavy atom. The summed E-state index contributed by atoms with van der Waals surface area (Å²) in [6.45, 7) is 9.49. The summed E-state index contributed by atoms with van der Waals surface area (Å²) in [6.07, 6.45) is 4.90. The number of nitrogens with zero attached hydrogens (tertiary/aromatic N) is 2. The Bertz CT molecular complexity index is 813. The van der Waals surface area contributed by atoms with Crippen molar-refractivity contribution in [3.8, 4) is 0 Å². The quantitative estimate of drug-likeness (QED) is 0.658. The largest absolute Gasteiger partial charge is 0.327 e. The number of rotatable bonds is 5. The molecule has 0 saturated heterocycles. The van der Waals surface area contributed by atoms with Gasteiger partial charge in [0.1, 0.15) is 5.82 Å². The van der Waals surface area contributed by atoms with Crippen LogP contribution in [0.5, 0.6) is 0 Å². The number of benzene rings is 2. The molecule has 0 unspecified atom stereocenters. The minimum Gasteiger partial charge on any atom is -0.327 e. The molecule has 0 aliphatic rings. The zero-order chi connectivity index (χ0) is 16.2. The second-order valence-corrected chi connectivity index (χ2v) is 5.79. The molecule has 0 aliphatic carbocycles. The van der Waals surface area contributed by atoms with E-state index in [4.69, 9.17) is 0 Å². The van der Waals surface area contributed by atoms with Crippen molar-refractivity contribution in [2.45, 2.75) is 26.8 Å². The van der Waals surface area contributed by atoms with Crippen LogP contribution in [0.3, 0.4) is 0 Å². The predicted octanol–water partition coefficient (Wildman–Crippen LogP) is 4.86. The highest BCUT2D eigenvalue weighted by Gasteiger charge is 2.13. The maximum atomic E-state index is 4.55. The molecule has 1 aromatic heterocycles. The molecule has 2 aromatic carbocycles. The molecule has 23 heavy (non-hydrogen) atoms. The van der Waals surface area contributed by atoms with Crippen molar-refractivity contribution in [3.05, 3.63) is 95.6 Å². The fraction of sp³-hybridized carbons (Fsp3) is 0.190. The molecule has 0 aliphatic heterocycles. The summed E-state index contributed by atoms with van der Waals surface area (Å²) in [5.74, 6) is 0.935. The lowest BCUT2D eigenvalue weighted by atomic mass is 9.95. The van der Waals surface area contributed by atoms with Crippen LogP contribution in [-0.2, 0) is 13.0 Å². The van der Waals surface area contributed by atoms with Crippen LogP contribution in [0.25, 0.3) is 5.57 Å². The minimum absolute atomic E-state index is 0.807. The van der Waals surface area contributed by atoms with Crippen LogP contribution in [-0.4, -0.2) is 9.55 Å². The first-order valence-corrected chi connectivity index (χ1v) is 8.04. The molecule has 0 spiro atoms. The molecule has 3 aromatic rings. The topological polar surface area (TPSA) is 17.8 Å².